The van der Waals surface area contributed by atoms with Gasteiger partial charge in [-0.1, -0.05) is 19.1 Å². The van der Waals surface area contributed by atoms with Gasteiger partial charge in [0.25, 0.3) is 0 Å². The maximum Gasteiger partial charge on any atom is 0.243 e. The fraction of sp³-hybridized carbons (Fsp3) is 0.526. The molecule has 0 spiro atoms. The SMILES string of the molecule is CCN1CCN(CCCNC(=O)/C=C/c2ccc(OC)cc2)CC1. The number of hydrogen-bond acceptors (Lipinski definition) is 4. The summed E-state index contributed by atoms with van der Waals surface area (Å²) >= 11 is 0. The molecule has 0 atom stereocenters. The van der Waals surface area contributed by atoms with Crippen LogP contribution in [-0.4, -0.2) is 68.6 Å². The van der Waals surface area contributed by atoms with Gasteiger partial charge in [0, 0.05) is 38.8 Å². The van der Waals surface area contributed by atoms with Gasteiger partial charge in [0.1, 0.15) is 5.75 Å². The first-order chi connectivity index (χ1) is 11.7. The van der Waals surface area contributed by atoms with Crippen molar-refractivity contribution >= 4 is 12.0 Å². The zero-order valence-corrected chi connectivity index (χ0v) is 14.8. The van der Waals surface area contributed by atoms with E-state index in [9.17, 15) is 4.79 Å². The van der Waals surface area contributed by atoms with Crippen molar-refractivity contribution in [3.05, 3.63) is 35.9 Å². The molecule has 0 unspecified atom stereocenters. The third-order valence-corrected chi connectivity index (χ3v) is 4.41. The lowest BCUT2D eigenvalue weighted by atomic mass is 10.2. The van der Waals surface area contributed by atoms with E-state index in [-0.39, 0.29) is 5.91 Å². The Labute approximate surface area is 145 Å². The van der Waals surface area contributed by atoms with Gasteiger partial charge in [0.2, 0.25) is 5.91 Å². The van der Waals surface area contributed by atoms with E-state index in [2.05, 4.69) is 22.0 Å². The molecular formula is C19H29N3O2. The average Bonchev–Trinajstić information content (AvgIpc) is 2.64. The quantitative estimate of drug-likeness (QED) is 0.583. The first-order valence-corrected chi connectivity index (χ1v) is 8.76. The van der Waals surface area contributed by atoms with Crippen LogP contribution in [0.1, 0.15) is 18.9 Å². The van der Waals surface area contributed by atoms with E-state index >= 15 is 0 Å². The van der Waals surface area contributed by atoms with Crippen molar-refractivity contribution in [2.45, 2.75) is 13.3 Å². The molecule has 5 nitrogen and oxygen atoms in total. The Bertz CT molecular complexity index is 520. The number of ether oxygens (including phenoxy) is 1. The molecule has 1 aromatic rings. The Balaban J connectivity index is 1.60. The standard InChI is InChI=1S/C19H29N3O2/c1-3-21-13-15-22(16-14-21)12-4-11-20-19(23)10-7-17-5-8-18(24-2)9-6-17/h5-10H,3-4,11-16H2,1-2H3,(H,20,23)/b10-7+. The number of carbonyl (C=O) groups is 1. The molecule has 2 rings (SSSR count). The molecular weight excluding hydrogens is 302 g/mol. The van der Waals surface area contributed by atoms with E-state index in [0.717, 1.165) is 63.5 Å². The summed E-state index contributed by atoms with van der Waals surface area (Å²) in [7, 11) is 1.64. The lowest BCUT2D eigenvalue weighted by molar-refractivity contribution is -0.116. The van der Waals surface area contributed by atoms with Crippen LogP contribution in [0.2, 0.25) is 0 Å². The second kappa shape index (κ2) is 10.1. The summed E-state index contributed by atoms with van der Waals surface area (Å²) < 4.78 is 5.11. The third-order valence-electron chi connectivity index (χ3n) is 4.41. The zero-order chi connectivity index (χ0) is 17.2. The van der Waals surface area contributed by atoms with E-state index in [1.807, 2.05) is 30.3 Å². The minimum absolute atomic E-state index is 0.0402. The minimum Gasteiger partial charge on any atom is -0.497 e. The Morgan fingerprint density at radius 2 is 1.83 bits per heavy atom. The second-order valence-corrected chi connectivity index (χ2v) is 6.03. The smallest absolute Gasteiger partial charge is 0.243 e. The predicted molar refractivity (Wildman–Crippen MR) is 98.2 cm³/mol. The normalized spacial score (nSPS) is 16.4. The summed E-state index contributed by atoms with van der Waals surface area (Å²) in [4.78, 5) is 16.8. The molecule has 1 N–H and O–H groups in total. The Kier molecular flexibility index (Phi) is 7.79. The zero-order valence-electron chi connectivity index (χ0n) is 14.8. The fourth-order valence-corrected chi connectivity index (χ4v) is 2.79. The number of benzene rings is 1. The van der Waals surface area contributed by atoms with E-state index in [1.54, 1.807) is 13.2 Å². The number of rotatable bonds is 8. The Morgan fingerprint density at radius 1 is 1.17 bits per heavy atom. The lowest BCUT2D eigenvalue weighted by Gasteiger charge is -2.33. The van der Waals surface area contributed by atoms with E-state index in [0.29, 0.717) is 0 Å². The van der Waals surface area contributed by atoms with Gasteiger partial charge in [0.05, 0.1) is 7.11 Å². The molecule has 1 fully saturated rings. The van der Waals surface area contributed by atoms with Crippen molar-refractivity contribution in [3.63, 3.8) is 0 Å². The molecule has 1 heterocycles. The van der Waals surface area contributed by atoms with Crippen molar-refractivity contribution < 1.29 is 9.53 Å². The molecule has 0 bridgehead atoms. The van der Waals surface area contributed by atoms with Crippen molar-refractivity contribution in [2.75, 3.05) is 52.9 Å². The van der Waals surface area contributed by atoms with Crippen molar-refractivity contribution in [1.29, 1.82) is 0 Å². The summed E-state index contributed by atoms with van der Waals surface area (Å²) in [5, 5.41) is 2.95. The highest BCUT2D eigenvalue weighted by Gasteiger charge is 2.14. The van der Waals surface area contributed by atoms with Gasteiger partial charge in [0.15, 0.2) is 0 Å². The summed E-state index contributed by atoms with van der Waals surface area (Å²) in [5.74, 6) is 0.776. The largest absolute Gasteiger partial charge is 0.497 e. The van der Waals surface area contributed by atoms with Crippen LogP contribution in [-0.2, 0) is 4.79 Å². The molecule has 1 aromatic carbocycles. The number of likely N-dealkylation sites (N-methyl/N-ethyl adjacent to an activating group) is 1. The highest BCUT2D eigenvalue weighted by Crippen LogP contribution is 2.12. The molecule has 132 valence electrons. The summed E-state index contributed by atoms with van der Waals surface area (Å²) in [6.07, 6.45) is 4.40. The molecule has 5 heteroatoms. The van der Waals surface area contributed by atoms with Gasteiger partial charge in [-0.05, 0) is 43.3 Å². The van der Waals surface area contributed by atoms with Crippen LogP contribution < -0.4 is 10.1 Å². The monoisotopic (exact) mass is 331 g/mol. The predicted octanol–water partition coefficient (Wildman–Crippen LogP) is 1.85. The van der Waals surface area contributed by atoms with E-state index < -0.39 is 0 Å². The number of carbonyl (C=O) groups excluding carboxylic acids is 1. The highest BCUT2D eigenvalue weighted by atomic mass is 16.5. The molecule has 1 amide bonds. The van der Waals surface area contributed by atoms with Crippen molar-refractivity contribution in [3.8, 4) is 5.75 Å². The van der Waals surface area contributed by atoms with Crippen LogP contribution in [0.4, 0.5) is 0 Å². The van der Waals surface area contributed by atoms with Crippen molar-refractivity contribution in [2.24, 2.45) is 0 Å². The van der Waals surface area contributed by atoms with Gasteiger partial charge in [-0.25, -0.2) is 0 Å². The molecule has 1 aliphatic heterocycles. The summed E-state index contributed by atoms with van der Waals surface area (Å²) in [5.41, 5.74) is 0.986. The molecule has 24 heavy (non-hydrogen) atoms. The van der Waals surface area contributed by atoms with Gasteiger partial charge in [-0.3, -0.25) is 4.79 Å². The third kappa shape index (κ3) is 6.34. The van der Waals surface area contributed by atoms with Crippen molar-refractivity contribution in [1.82, 2.24) is 15.1 Å². The second-order valence-electron chi connectivity index (χ2n) is 6.03. The first-order valence-electron chi connectivity index (χ1n) is 8.76. The molecule has 0 radical (unpaired) electrons. The number of methoxy groups -OCH3 is 1. The molecule has 1 saturated heterocycles. The lowest BCUT2D eigenvalue weighted by Crippen LogP contribution is -2.46. The topological polar surface area (TPSA) is 44.8 Å². The number of piperazine rings is 1. The summed E-state index contributed by atoms with van der Waals surface area (Å²) in [6, 6.07) is 7.63. The molecule has 0 aliphatic carbocycles. The van der Waals surface area contributed by atoms with Crippen LogP contribution in [0.5, 0.6) is 5.75 Å². The van der Waals surface area contributed by atoms with Gasteiger partial charge >= 0.3 is 0 Å². The molecule has 0 saturated carbocycles. The number of hydrogen-bond donors (Lipinski definition) is 1. The van der Waals surface area contributed by atoms with Gasteiger partial charge < -0.3 is 19.9 Å². The van der Waals surface area contributed by atoms with Crippen LogP contribution in [0, 0.1) is 0 Å². The summed E-state index contributed by atoms with van der Waals surface area (Å²) in [6.45, 7) is 9.73. The number of nitrogens with one attached hydrogen (secondary N) is 1. The number of amides is 1. The van der Waals surface area contributed by atoms with Crippen LogP contribution in [0.25, 0.3) is 6.08 Å². The maximum absolute atomic E-state index is 11.8. The maximum atomic E-state index is 11.8. The van der Waals surface area contributed by atoms with E-state index in [4.69, 9.17) is 4.74 Å². The number of nitrogens with zero attached hydrogens (tertiary/aromatic N) is 2. The van der Waals surface area contributed by atoms with E-state index in [1.165, 1.54) is 0 Å². The van der Waals surface area contributed by atoms with Gasteiger partial charge in [-0.15, -0.1) is 0 Å². The first kappa shape index (κ1) is 18.5. The van der Waals surface area contributed by atoms with Crippen LogP contribution in [0.15, 0.2) is 30.3 Å². The minimum atomic E-state index is -0.0402. The highest BCUT2D eigenvalue weighted by molar-refractivity contribution is 5.91. The average molecular weight is 331 g/mol. The molecule has 1 aliphatic rings. The fourth-order valence-electron chi connectivity index (χ4n) is 2.79. The molecule has 0 aromatic heterocycles. The Hall–Kier alpha value is -1.85. The van der Waals surface area contributed by atoms with Crippen LogP contribution in [0.3, 0.4) is 0 Å². The Morgan fingerprint density at radius 3 is 2.46 bits per heavy atom. The van der Waals surface area contributed by atoms with Crippen LogP contribution >= 0.6 is 0 Å². The van der Waals surface area contributed by atoms with Gasteiger partial charge in [-0.2, -0.15) is 0 Å².